The first-order valence-electron chi connectivity index (χ1n) is 6.48. The smallest absolute Gasteiger partial charge is 0.341 e. The number of benzene rings is 1. The Kier molecular flexibility index (Phi) is 6.48. The van der Waals surface area contributed by atoms with Crippen LogP contribution in [0.5, 0.6) is 0 Å². The van der Waals surface area contributed by atoms with Crippen molar-refractivity contribution in [3.8, 4) is 0 Å². The lowest BCUT2D eigenvalue weighted by Gasteiger charge is -2.14. The second-order valence-electron chi connectivity index (χ2n) is 4.79. The standard InChI is InChI=1S/C14H16BrFN2O4/c1-7(2)17-14(21)18-12(19)8(3)22-13(20)10-6-9(15)4-5-11(10)16/h4-8H,1-3H3,(H2,17,18,19,21)/t8-/m0/s1. The minimum Gasteiger partial charge on any atom is -0.449 e. The molecule has 6 nitrogen and oxygen atoms in total. The maximum Gasteiger partial charge on any atom is 0.341 e. The summed E-state index contributed by atoms with van der Waals surface area (Å²) in [7, 11) is 0. The molecule has 3 amide bonds. The number of esters is 1. The minimum atomic E-state index is -1.25. The van der Waals surface area contributed by atoms with Gasteiger partial charge in [0.1, 0.15) is 5.82 Å². The molecule has 1 aromatic rings. The Bertz CT molecular complexity index is 592. The highest BCUT2D eigenvalue weighted by atomic mass is 79.9. The van der Waals surface area contributed by atoms with Crippen molar-refractivity contribution in [3.05, 3.63) is 34.1 Å². The molecule has 1 rings (SSSR count). The van der Waals surface area contributed by atoms with E-state index in [4.69, 9.17) is 4.74 Å². The summed E-state index contributed by atoms with van der Waals surface area (Å²) in [6.07, 6.45) is -1.25. The largest absolute Gasteiger partial charge is 0.449 e. The van der Waals surface area contributed by atoms with E-state index in [1.165, 1.54) is 19.1 Å². The van der Waals surface area contributed by atoms with E-state index in [-0.39, 0.29) is 11.6 Å². The third kappa shape index (κ3) is 5.44. The molecule has 0 unspecified atom stereocenters. The lowest BCUT2D eigenvalue weighted by atomic mass is 10.2. The third-order valence-corrected chi connectivity index (χ3v) is 2.95. The number of carbonyl (C=O) groups excluding carboxylic acids is 3. The minimum absolute atomic E-state index is 0.151. The molecule has 1 atom stereocenters. The van der Waals surface area contributed by atoms with Gasteiger partial charge in [-0.3, -0.25) is 10.1 Å². The molecule has 0 aliphatic carbocycles. The van der Waals surface area contributed by atoms with Crippen molar-refractivity contribution in [2.24, 2.45) is 0 Å². The Morgan fingerprint density at radius 2 is 1.86 bits per heavy atom. The first-order chi connectivity index (χ1) is 10.2. The molecule has 120 valence electrons. The summed E-state index contributed by atoms with van der Waals surface area (Å²) in [6, 6.07) is 2.92. The molecule has 2 N–H and O–H groups in total. The molecule has 0 spiro atoms. The number of imide groups is 1. The van der Waals surface area contributed by atoms with Crippen molar-refractivity contribution in [2.45, 2.75) is 32.9 Å². The Morgan fingerprint density at radius 1 is 1.23 bits per heavy atom. The summed E-state index contributed by atoms with van der Waals surface area (Å²) in [4.78, 5) is 34.9. The van der Waals surface area contributed by atoms with Gasteiger partial charge in [0.25, 0.3) is 5.91 Å². The molecule has 0 saturated heterocycles. The summed E-state index contributed by atoms with van der Waals surface area (Å²) < 4.78 is 18.9. The monoisotopic (exact) mass is 374 g/mol. The summed E-state index contributed by atoms with van der Waals surface area (Å²) in [5, 5.41) is 4.48. The molecule has 0 fully saturated rings. The van der Waals surface area contributed by atoms with E-state index >= 15 is 0 Å². The zero-order valence-corrected chi connectivity index (χ0v) is 13.9. The first kappa shape index (κ1) is 18.1. The van der Waals surface area contributed by atoms with Crippen LogP contribution in [-0.2, 0) is 9.53 Å². The van der Waals surface area contributed by atoms with Gasteiger partial charge >= 0.3 is 12.0 Å². The highest BCUT2D eigenvalue weighted by molar-refractivity contribution is 9.10. The van der Waals surface area contributed by atoms with Crippen LogP contribution < -0.4 is 10.6 Å². The lowest BCUT2D eigenvalue weighted by Crippen LogP contribution is -2.46. The van der Waals surface area contributed by atoms with Gasteiger partial charge in [-0.15, -0.1) is 0 Å². The van der Waals surface area contributed by atoms with Crippen LogP contribution >= 0.6 is 15.9 Å². The molecule has 0 aliphatic heterocycles. The van der Waals surface area contributed by atoms with Gasteiger partial charge in [-0.2, -0.15) is 0 Å². The molecule has 0 aromatic heterocycles. The second-order valence-corrected chi connectivity index (χ2v) is 5.70. The van der Waals surface area contributed by atoms with Crippen molar-refractivity contribution in [3.63, 3.8) is 0 Å². The number of ether oxygens (including phenoxy) is 1. The van der Waals surface area contributed by atoms with Gasteiger partial charge in [0.2, 0.25) is 0 Å². The highest BCUT2D eigenvalue weighted by Crippen LogP contribution is 2.17. The maximum absolute atomic E-state index is 13.5. The van der Waals surface area contributed by atoms with Crippen LogP contribution in [0.4, 0.5) is 9.18 Å². The normalized spacial score (nSPS) is 11.7. The van der Waals surface area contributed by atoms with Gasteiger partial charge in [-0.05, 0) is 39.0 Å². The van der Waals surface area contributed by atoms with Gasteiger partial charge in [0.05, 0.1) is 5.56 Å². The van der Waals surface area contributed by atoms with E-state index < -0.39 is 29.8 Å². The third-order valence-electron chi connectivity index (χ3n) is 2.46. The van der Waals surface area contributed by atoms with Crippen LogP contribution in [-0.4, -0.2) is 30.1 Å². The highest BCUT2D eigenvalue weighted by Gasteiger charge is 2.22. The molecule has 8 heteroatoms. The van der Waals surface area contributed by atoms with Crippen LogP contribution in [0.15, 0.2) is 22.7 Å². The number of amides is 3. The maximum atomic E-state index is 13.5. The second kappa shape index (κ2) is 7.88. The Morgan fingerprint density at radius 3 is 2.45 bits per heavy atom. The zero-order valence-electron chi connectivity index (χ0n) is 12.3. The average Bonchev–Trinajstić information content (AvgIpc) is 2.40. The molecular formula is C14H16BrFN2O4. The predicted octanol–water partition coefficient (Wildman–Crippen LogP) is 2.37. The van der Waals surface area contributed by atoms with Crippen LogP contribution in [0, 0.1) is 5.82 Å². The molecule has 0 bridgehead atoms. The van der Waals surface area contributed by atoms with E-state index in [0.717, 1.165) is 6.07 Å². The fraction of sp³-hybridized carbons (Fsp3) is 0.357. The molecule has 0 saturated carbocycles. The molecule has 0 heterocycles. The number of nitrogens with one attached hydrogen (secondary N) is 2. The van der Waals surface area contributed by atoms with Crippen LogP contribution in [0.1, 0.15) is 31.1 Å². The molecule has 1 aromatic carbocycles. The summed E-state index contributed by atoms with van der Waals surface area (Å²) in [5.74, 6) is -2.56. The zero-order chi connectivity index (χ0) is 16.9. The van der Waals surface area contributed by atoms with E-state index in [1.54, 1.807) is 13.8 Å². The molecular weight excluding hydrogens is 359 g/mol. The first-order valence-corrected chi connectivity index (χ1v) is 7.27. The van der Waals surface area contributed by atoms with E-state index in [2.05, 4.69) is 21.2 Å². The van der Waals surface area contributed by atoms with Gasteiger partial charge in [0, 0.05) is 10.5 Å². The average molecular weight is 375 g/mol. The number of carbonyl (C=O) groups is 3. The van der Waals surface area contributed by atoms with Gasteiger partial charge in [0.15, 0.2) is 6.10 Å². The lowest BCUT2D eigenvalue weighted by molar-refractivity contribution is -0.127. The number of rotatable bonds is 4. The number of hydrogen-bond acceptors (Lipinski definition) is 4. The van der Waals surface area contributed by atoms with Crippen LogP contribution in [0.25, 0.3) is 0 Å². The van der Waals surface area contributed by atoms with Crippen molar-refractivity contribution in [1.29, 1.82) is 0 Å². The summed E-state index contributed by atoms with van der Waals surface area (Å²) >= 11 is 3.11. The van der Waals surface area contributed by atoms with Crippen molar-refractivity contribution in [1.82, 2.24) is 10.6 Å². The van der Waals surface area contributed by atoms with Crippen LogP contribution in [0.2, 0.25) is 0 Å². The summed E-state index contributed by atoms with van der Waals surface area (Å²) in [5.41, 5.74) is -0.305. The van der Waals surface area contributed by atoms with Crippen LogP contribution in [0.3, 0.4) is 0 Å². The predicted molar refractivity (Wildman–Crippen MR) is 80.8 cm³/mol. The van der Waals surface area contributed by atoms with Gasteiger partial charge in [-0.25, -0.2) is 14.0 Å². The van der Waals surface area contributed by atoms with E-state index in [0.29, 0.717) is 4.47 Å². The topological polar surface area (TPSA) is 84.5 Å². The fourth-order valence-corrected chi connectivity index (χ4v) is 1.80. The van der Waals surface area contributed by atoms with Crippen molar-refractivity contribution >= 4 is 33.8 Å². The Balaban J connectivity index is 2.65. The van der Waals surface area contributed by atoms with Crippen molar-refractivity contribution in [2.75, 3.05) is 0 Å². The fourth-order valence-electron chi connectivity index (χ4n) is 1.44. The number of urea groups is 1. The quantitative estimate of drug-likeness (QED) is 0.792. The number of halogens is 2. The van der Waals surface area contributed by atoms with Crippen molar-refractivity contribution < 1.29 is 23.5 Å². The molecule has 22 heavy (non-hydrogen) atoms. The van der Waals surface area contributed by atoms with E-state index in [1.807, 2.05) is 5.32 Å². The molecule has 0 radical (unpaired) electrons. The summed E-state index contributed by atoms with van der Waals surface area (Å²) in [6.45, 7) is 4.73. The van der Waals surface area contributed by atoms with Gasteiger partial charge in [-0.1, -0.05) is 15.9 Å². The number of hydrogen-bond donors (Lipinski definition) is 2. The Labute approximate surface area is 135 Å². The Hall–Kier alpha value is -1.96. The SMILES string of the molecule is CC(C)NC(=O)NC(=O)[C@H](C)OC(=O)c1cc(Br)ccc1F. The molecule has 0 aliphatic rings. The van der Waals surface area contributed by atoms with Gasteiger partial charge < -0.3 is 10.1 Å². The van der Waals surface area contributed by atoms with E-state index in [9.17, 15) is 18.8 Å².